The maximum Gasteiger partial charge on any atom is 0.325 e. The third-order valence-corrected chi connectivity index (χ3v) is 5.80. The number of fused-ring (bicyclic) bond motifs is 2. The summed E-state index contributed by atoms with van der Waals surface area (Å²) in [6.45, 7) is 2.27. The lowest BCUT2D eigenvalue weighted by atomic mass is 9.93. The number of anilines is 2. The molecule has 0 saturated carbocycles. The molecule has 2 N–H and O–H groups in total. The monoisotopic (exact) mass is 327 g/mol. The van der Waals surface area contributed by atoms with Crippen LogP contribution in [0.4, 0.5) is 15.6 Å². The van der Waals surface area contributed by atoms with Gasteiger partial charge in [0.15, 0.2) is 5.13 Å². The summed E-state index contributed by atoms with van der Waals surface area (Å²) in [5, 5.41) is 6.52. The van der Waals surface area contributed by atoms with E-state index in [0.717, 1.165) is 37.3 Å². The van der Waals surface area contributed by atoms with Gasteiger partial charge in [0.25, 0.3) is 0 Å². The van der Waals surface area contributed by atoms with Crippen LogP contribution >= 0.6 is 11.3 Å². The number of benzene rings is 1. The molecule has 1 aromatic heterocycles. The van der Waals surface area contributed by atoms with Crippen LogP contribution in [0.1, 0.15) is 41.5 Å². The summed E-state index contributed by atoms with van der Waals surface area (Å²) in [4.78, 5) is 18.1. The Bertz CT molecular complexity index is 753. The van der Waals surface area contributed by atoms with Gasteiger partial charge in [-0.1, -0.05) is 13.0 Å². The maximum absolute atomic E-state index is 12.2. The van der Waals surface area contributed by atoms with Crippen molar-refractivity contribution in [1.82, 2.24) is 4.98 Å². The summed E-state index contributed by atoms with van der Waals surface area (Å²) in [5.74, 6) is 0.719. The number of urea groups is 1. The number of nitrogens with one attached hydrogen (secondary N) is 2. The lowest BCUT2D eigenvalue weighted by Gasteiger charge is -2.15. The van der Waals surface area contributed by atoms with Gasteiger partial charge in [-0.3, -0.25) is 5.32 Å². The number of hydrogen-bond donors (Lipinski definition) is 2. The number of rotatable bonds is 2. The number of amides is 2. The van der Waals surface area contributed by atoms with Crippen molar-refractivity contribution in [3.8, 4) is 0 Å². The average molecular weight is 327 g/mol. The van der Waals surface area contributed by atoms with Crippen molar-refractivity contribution >= 4 is 28.2 Å². The topological polar surface area (TPSA) is 54.0 Å². The Morgan fingerprint density at radius 1 is 1.22 bits per heavy atom. The summed E-state index contributed by atoms with van der Waals surface area (Å²) in [6, 6.07) is 6.00. The van der Waals surface area contributed by atoms with Gasteiger partial charge < -0.3 is 5.32 Å². The zero-order valence-electron chi connectivity index (χ0n) is 13.3. The average Bonchev–Trinajstić information content (AvgIpc) is 3.11. The Balaban J connectivity index is 1.42. The summed E-state index contributed by atoms with van der Waals surface area (Å²) in [5.41, 5.74) is 4.80. The molecule has 2 amide bonds. The van der Waals surface area contributed by atoms with E-state index in [1.165, 1.54) is 34.5 Å². The Hall–Kier alpha value is -1.88. The van der Waals surface area contributed by atoms with Crippen LogP contribution in [0.3, 0.4) is 0 Å². The van der Waals surface area contributed by atoms with E-state index in [9.17, 15) is 4.79 Å². The third-order valence-electron chi connectivity index (χ3n) is 4.76. The minimum Gasteiger partial charge on any atom is -0.308 e. The molecular weight excluding hydrogens is 306 g/mol. The highest BCUT2D eigenvalue weighted by molar-refractivity contribution is 7.15. The van der Waals surface area contributed by atoms with Gasteiger partial charge in [-0.15, -0.1) is 11.3 Å². The van der Waals surface area contributed by atoms with Crippen molar-refractivity contribution in [2.45, 2.75) is 45.4 Å². The molecule has 4 nitrogen and oxygen atoms in total. The van der Waals surface area contributed by atoms with Crippen molar-refractivity contribution in [2.24, 2.45) is 5.92 Å². The number of aryl methyl sites for hydroxylation is 3. The van der Waals surface area contributed by atoms with Crippen LogP contribution in [0.2, 0.25) is 0 Å². The fourth-order valence-corrected chi connectivity index (χ4v) is 4.67. The first-order valence-electron chi connectivity index (χ1n) is 8.36. The van der Waals surface area contributed by atoms with E-state index < -0.39 is 0 Å². The minimum absolute atomic E-state index is 0.206. The molecule has 1 atom stereocenters. The molecule has 0 radical (unpaired) electrons. The standard InChI is InChI=1S/C18H21N3OS/c1-11-5-8-15-16(9-11)23-18(20-15)21-17(22)19-14-7-6-12-3-2-4-13(12)10-14/h6-7,10-11H,2-5,8-9H2,1H3,(H2,19,20,21,22). The van der Waals surface area contributed by atoms with E-state index in [1.54, 1.807) is 11.3 Å². The molecule has 0 bridgehead atoms. The van der Waals surface area contributed by atoms with Crippen LogP contribution in [0.25, 0.3) is 0 Å². The maximum atomic E-state index is 12.2. The van der Waals surface area contributed by atoms with Crippen molar-refractivity contribution in [1.29, 1.82) is 0 Å². The Morgan fingerprint density at radius 3 is 3.00 bits per heavy atom. The second kappa shape index (κ2) is 5.96. The highest BCUT2D eigenvalue weighted by Crippen LogP contribution is 2.32. The Kier molecular flexibility index (Phi) is 3.81. The molecule has 120 valence electrons. The van der Waals surface area contributed by atoms with Crippen LogP contribution in [0.15, 0.2) is 18.2 Å². The molecule has 2 aliphatic carbocycles. The zero-order valence-corrected chi connectivity index (χ0v) is 14.1. The van der Waals surface area contributed by atoms with E-state index in [2.05, 4.69) is 34.7 Å². The molecule has 23 heavy (non-hydrogen) atoms. The van der Waals surface area contributed by atoms with Crippen LogP contribution in [0, 0.1) is 5.92 Å². The lowest BCUT2D eigenvalue weighted by molar-refractivity contribution is 0.262. The van der Waals surface area contributed by atoms with Crippen molar-refractivity contribution < 1.29 is 4.79 Å². The van der Waals surface area contributed by atoms with Gasteiger partial charge in [-0.05, 0) is 67.7 Å². The predicted molar refractivity (Wildman–Crippen MR) is 94.4 cm³/mol. The van der Waals surface area contributed by atoms with E-state index >= 15 is 0 Å². The first kappa shape index (κ1) is 14.7. The fraction of sp³-hybridized carbons (Fsp3) is 0.444. The van der Waals surface area contributed by atoms with Gasteiger partial charge in [0, 0.05) is 10.6 Å². The van der Waals surface area contributed by atoms with Crippen LogP contribution in [-0.2, 0) is 25.7 Å². The molecule has 5 heteroatoms. The van der Waals surface area contributed by atoms with Crippen molar-refractivity contribution in [3.63, 3.8) is 0 Å². The summed E-state index contributed by atoms with van der Waals surface area (Å²) < 4.78 is 0. The number of nitrogens with zero attached hydrogens (tertiary/aromatic N) is 1. The van der Waals surface area contributed by atoms with Crippen molar-refractivity contribution in [2.75, 3.05) is 10.6 Å². The van der Waals surface area contributed by atoms with E-state index in [0.29, 0.717) is 5.13 Å². The normalized spacial score (nSPS) is 19.1. The van der Waals surface area contributed by atoms with Crippen LogP contribution in [-0.4, -0.2) is 11.0 Å². The quantitative estimate of drug-likeness (QED) is 0.859. The van der Waals surface area contributed by atoms with Gasteiger partial charge in [-0.25, -0.2) is 9.78 Å². The van der Waals surface area contributed by atoms with Crippen LogP contribution in [0.5, 0.6) is 0 Å². The predicted octanol–water partition coefficient (Wildman–Crippen LogP) is 4.40. The molecule has 0 saturated heterocycles. The van der Waals surface area contributed by atoms with E-state index in [1.807, 2.05) is 6.07 Å². The first-order valence-corrected chi connectivity index (χ1v) is 9.17. The molecule has 1 heterocycles. The molecule has 1 unspecified atom stereocenters. The number of carbonyl (C=O) groups excluding carboxylic acids is 1. The molecule has 0 aliphatic heterocycles. The zero-order chi connectivity index (χ0) is 15.8. The summed E-state index contributed by atoms with van der Waals surface area (Å²) in [6.07, 6.45) is 6.79. The highest BCUT2D eigenvalue weighted by atomic mass is 32.1. The smallest absolute Gasteiger partial charge is 0.308 e. The SMILES string of the molecule is CC1CCc2nc(NC(=O)Nc3ccc4c(c3)CCC4)sc2C1. The minimum atomic E-state index is -0.206. The van der Waals surface area contributed by atoms with Gasteiger partial charge in [-0.2, -0.15) is 0 Å². The molecule has 2 aromatic rings. The number of hydrogen-bond acceptors (Lipinski definition) is 3. The number of thiazole rings is 1. The largest absolute Gasteiger partial charge is 0.325 e. The molecule has 0 spiro atoms. The molecule has 2 aliphatic rings. The van der Waals surface area contributed by atoms with Gasteiger partial charge in [0.2, 0.25) is 0 Å². The van der Waals surface area contributed by atoms with E-state index in [4.69, 9.17) is 0 Å². The Labute approximate surface area is 140 Å². The van der Waals surface area contributed by atoms with Gasteiger partial charge >= 0.3 is 6.03 Å². The van der Waals surface area contributed by atoms with Gasteiger partial charge in [0.1, 0.15) is 0 Å². The third kappa shape index (κ3) is 3.11. The molecule has 4 rings (SSSR count). The highest BCUT2D eigenvalue weighted by Gasteiger charge is 2.20. The molecule has 0 fully saturated rings. The first-order chi connectivity index (χ1) is 11.2. The fourth-order valence-electron chi connectivity index (χ4n) is 3.50. The van der Waals surface area contributed by atoms with E-state index in [-0.39, 0.29) is 6.03 Å². The summed E-state index contributed by atoms with van der Waals surface area (Å²) >= 11 is 1.62. The second-order valence-electron chi connectivity index (χ2n) is 6.65. The number of carbonyl (C=O) groups is 1. The number of aromatic nitrogens is 1. The van der Waals surface area contributed by atoms with Crippen molar-refractivity contribution in [3.05, 3.63) is 39.9 Å². The lowest BCUT2D eigenvalue weighted by Crippen LogP contribution is -2.19. The second-order valence-corrected chi connectivity index (χ2v) is 7.74. The Morgan fingerprint density at radius 2 is 2.09 bits per heavy atom. The van der Waals surface area contributed by atoms with Crippen LogP contribution < -0.4 is 10.6 Å². The molecular formula is C18H21N3OS. The summed E-state index contributed by atoms with van der Waals surface area (Å²) in [7, 11) is 0. The molecule has 1 aromatic carbocycles. The van der Waals surface area contributed by atoms with Gasteiger partial charge in [0.05, 0.1) is 5.69 Å².